The fraction of sp³-hybridized carbons (Fsp3) is 0.265. The number of halogens is 2. The van der Waals surface area contributed by atoms with Gasteiger partial charge in [-0.15, -0.1) is 12.8 Å². The first kappa shape index (κ1) is 32.1. The molecule has 0 aliphatic carbocycles. The second kappa shape index (κ2) is 15.3. The molecule has 0 aliphatic rings. The van der Waals surface area contributed by atoms with E-state index in [1.807, 2.05) is 27.7 Å². The van der Waals surface area contributed by atoms with Crippen molar-refractivity contribution in [2.75, 3.05) is 5.32 Å². The normalized spacial score (nSPS) is 10.8. The monoisotopic (exact) mass is 514 g/mol. The molecule has 0 radical (unpaired) electrons. The average molecular weight is 515 g/mol. The van der Waals surface area contributed by atoms with E-state index in [1.54, 1.807) is 18.2 Å². The molecule has 0 saturated heterocycles. The third-order valence-electron chi connectivity index (χ3n) is 5.86. The highest BCUT2D eigenvalue weighted by Gasteiger charge is 2.26. The molecule has 1 N–H and O–H groups in total. The summed E-state index contributed by atoms with van der Waals surface area (Å²) in [6.45, 7) is 19.6. The predicted octanol–water partition coefficient (Wildman–Crippen LogP) is 9.70. The molecule has 0 fully saturated rings. The van der Waals surface area contributed by atoms with Crippen LogP contribution in [0.1, 0.15) is 68.0 Å². The molecule has 2 nitrogen and oxygen atoms in total. The lowest BCUT2D eigenvalue weighted by Crippen LogP contribution is -2.09. The van der Waals surface area contributed by atoms with E-state index in [2.05, 4.69) is 85.7 Å². The summed E-state index contributed by atoms with van der Waals surface area (Å²) in [5, 5.41) is 3.40. The zero-order valence-corrected chi connectivity index (χ0v) is 23.5. The minimum absolute atomic E-state index is 0.146. The molecular weight excluding hydrogens is 474 g/mol. The maximum absolute atomic E-state index is 12.9. The minimum Gasteiger partial charge on any atom is -0.344 e. The van der Waals surface area contributed by atoms with E-state index < -0.39 is 5.92 Å². The Bertz CT molecular complexity index is 1260. The molecule has 0 heterocycles. The van der Waals surface area contributed by atoms with Crippen molar-refractivity contribution in [3.05, 3.63) is 113 Å². The van der Waals surface area contributed by atoms with Crippen molar-refractivity contribution in [2.45, 2.75) is 60.4 Å². The van der Waals surface area contributed by atoms with Crippen LogP contribution >= 0.6 is 0 Å². The van der Waals surface area contributed by atoms with Gasteiger partial charge in [0.25, 0.3) is 5.92 Å². The lowest BCUT2D eigenvalue weighted by atomic mass is 10.0. The van der Waals surface area contributed by atoms with Gasteiger partial charge in [-0.05, 0) is 68.0 Å². The van der Waals surface area contributed by atoms with Crippen LogP contribution in [0.2, 0.25) is 0 Å². The minimum atomic E-state index is -2.72. The number of aryl methyl sites for hydroxylation is 2. The lowest BCUT2D eigenvalue weighted by molar-refractivity contribution is 0.0166. The number of terminal acetylenes is 1. The van der Waals surface area contributed by atoms with Crippen molar-refractivity contribution in [1.29, 1.82) is 0 Å². The van der Waals surface area contributed by atoms with Gasteiger partial charge in [0.05, 0.1) is 12.4 Å². The molecule has 3 aromatic rings. The lowest BCUT2D eigenvalue weighted by Gasteiger charge is -2.14. The average Bonchev–Trinajstić information content (AvgIpc) is 2.90. The van der Waals surface area contributed by atoms with Gasteiger partial charge in [0, 0.05) is 18.2 Å². The fourth-order valence-electron chi connectivity index (χ4n) is 3.62. The Hall–Kier alpha value is -3.97. The van der Waals surface area contributed by atoms with Gasteiger partial charge in [0.1, 0.15) is 0 Å². The summed E-state index contributed by atoms with van der Waals surface area (Å²) in [6.07, 6.45) is 8.65. The van der Waals surface area contributed by atoms with Crippen LogP contribution in [0.15, 0.2) is 84.9 Å². The number of hydrogen-bond acceptors (Lipinski definition) is 1. The van der Waals surface area contributed by atoms with Gasteiger partial charge in [0.2, 0.25) is 0 Å². The van der Waals surface area contributed by atoms with Crippen LogP contribution in [0.3, 0.4) is 0 Å². The number of amidine groups is 1. The number of allylic oxidation sites excluding steroid dienone is 2. The van der Waals surface area contributed by atoms with Gasteiger partial charge in [-0.25, -0.2) is 8.78 Å². The molecule has 0 aliphatic heterocycles. The Kier molecular flexibility index (Phi) is 12.9. The van der Waals surface area contributed by atoms with Crippen LogP contribution < -0.4 is 5.32 Å². The van der Waals surface area contributed by atoms with Crippen molar-refractivity contribution >= 4 is 22.7 Å². The largest absolute Gasteiger partial charge is 0.344 e. The number of nitrogens with one attached hydrogen (secondary N) is 1. The predicted molar refractivity (Wildman–Crippen MR) is 163 cm³/mol. The zero-order chi connectivity index (χ0) is 28.9. The van der Waals surface area contributed by atoms with Gasteiger partial charge < -0.3 is 5.32 Å². The highest BCUT2D eigenvalue weighted by molar-refractivity contribution is 5.94. The van der Waals surface area contributed by atoms with Crippen LogP contribution in [0.4, 0.5) is 14.5 Å². The molecule has 0 atom stereocenters. The van der Waals surface area contributed by atoms with E-state index in [4.69, 9.17) is 0 Å². The highest BCUT2D eigenvalue weighted by atomic mass is 19.3. The Balaban J connectivity index is 0.000000432. The number of rotatable bonds is 7. The second-order valence-corrected chi connectivity index (χ2v) is 9.21. The van der Waals surface area contributed by atoms with Gasteiger partial charge in [-0.2, -0.15) is 0 Å². The van der Waals surface area contributed by atoms with Crippen LogP contribution in [-0.4, -0.2) is 5.84 Å². The molecule has 4 heteroatoms. The molecule has 0 unspecified atom stereocenters. The Morgan fingerprint density at radius 3 is 1.95 bits per heavy atom. The summed E-state index contributed by atoms with van der Waals surface area (Å²) < 4.78 is 25.8. The van der Waals surface area contributed by atoms with E-state index in [0.717, 1.165) is 40.7 Å². The fourth-order valence-corrected chi connectivity index (χ4v) is 3.62. The number of hydrogen-bond donors (Lipinski definition) is 1. The van der Waals surface area contributed by atoms with Crippen molar-refractivity contribution in [1.82, 2.24) is 0 Å². The molecule has 0 bridgehead atoms. The summed E-state index contributed by atoms with van der Waals surface area (Å²) in [7, 11) is 0. The first-order valence-electron chi connectivity index (χ1n) is 12.5. The first-order valence-corrected chi connectivity index (χ1v) is 12.5. The maximum Gasteiger partial charge on any atom is 0.270 e. The Morgan fingerprint density at radius 1 is 0.895 bits per heavy atom. The van der Waals surface area contributed by atoms with Crippen LogP contribution in [-0.2, 0) is 18.9 Å². The van der Waals surface area contributed by atoms with Crippen molar-refractivity contribution in [2.24, 2.45) is 4.99 Å². The Labute approximate surface area is 228 Å². The van der Waals surface area contributed by atoms with E-state index in [9.17, 15) is 8.78 Å². The van der Waals surface area contributed by atoms with E-state index in [1.165, 1.54) is 22.8 Å². The van der Waals surface area contributed by atoms with Crippen LogP contribution in [0.25, 0.3) is 11.1 Å². The summed E-state index contributed by atoms with van der Waals surface area (Å²) in [5.74, 6) is -1.81. The molecule has 0 aromatic heterocycles. The molecule has 38 heavy (non-hydrogen) atoms. The number of benzene rings is 3. The third-order valence-corrected chi connectivity index (χ3v) is 5.86. The number of aliphatic imine (C=N–C) groups is 1. The number of nitrogens with zero attached hydrogens (tertiary/aromatic N) is 1. The maximum atomic E-state index is 12.9. The smallest absolute Gasteiger partial charge is 0.270 e. The molecule has 0 amide bonds. The van der Waals surface area contributed by atoms with Crippen LogP contribution in [0.5, 0.6) is 0 Å². The number of anilines is 1. The van der Waals surface area contributed by atoms with Gasteiger partial charge in [0.15, 0.2) is 0 Å². The van der Waals surface area contributed by atoms with Crippen molar-refractivity contribution < 1.29 is 8.78 Å². The summed E-state index contributed by atoms with van der Waals surface area (Å²) in [6, 6.07) is 21.4. The number of alkyl halides is 2. The molecule has 3 rings (SSSR count). The second-order valence-electron chi connectivity index (χ2n) is 9.21. The van der Waals surface area contributed by atoms with E-state index in [0.29, 0.717) is 13.0 Å². The van der Waals surface area contributed by atoms with Gasteiger partial charge >= 0.3 is 0 Å². The molecule has 3 aromatic carbocycles. The standard InChI is InChI=1S/C22H26N2.C10H12F2.C2H2/c1-15(2)20-11-8-19(9-12-20)14-23-18(6)24-22-13-21(16(3)4)10-7-17(22)5;1-3-8-6-4-5-7-9(8)10(2,11)12;1-2/h7-13H,1,3,14H2,2,4-6H3,(H,23,24);4-7H,3H2,1-2H3;1-2H. The van der Waals surface area contributed by atoms with E-state index in [-0.39, 0.29) is 5.56 Å². The summed E-state index contributed by atoms with van der Waals surface area (Å²) in [5.41, 5.74) is 8.79. The van der Waals surface area contributed by atoms with Crippen molar-refractivity contribution in [3.63, 3.8) is 0 Å². The molecule has 200 valence electrons. The first-order chi connectivity index (χ1) is 17.9. The zero-order valence-electron chi connectivity index (χ0n) is 23.5. The molecular formula is C34H40F2N2. The third kappa shape index (κ3) is 10.2. The highest BCUT2D eigenvalue weighted by Crippen LogP contribution is 2.29. The molecule has 0 saturated carbocycles. The Morgan fingerprint density at radius 2 is 1.45 bits per heavy atom. The SMILES string of the molecule is C#C.C=C(C)c1ccc(CN=C(C)Nc2cc(C(=C)C)ccc2C)cc1.CCc1ccccc1C(C)(F)F. The molecule has 0 spiro atoms. The van der Waals surface area contributed by atoms with Gasteiger partial charge in [-0.1, -0.05) is 91.9 Å². The summed E-state index contributed by atoms with van der Waals surface area (Å²) >= 11 is 0. The van der Waals surface area contributed by atoms with Crippen molar-refractivity contribution in [3.8, 4) is 12.8 Å². The summed E-state index contributed by atoms with van der Waals surface area (Å²) in [4.78, 5) is 4.64. The van der Waals surface area contributed by atoms with Gasteiger partial charge in [-0.3, -0.25) is 4.99 Å². The van der Waals surface area contributed by atoms with Crippen LogP contribution in [0, 0.1) is 19.8 Å². The van der Waals surface area contributed by atoms with E-state index >= 15 is 0 Å². The quantitative estimate of drug-likeness (QED) is 0.189. The topological polar surface area (TPSA) is 24.4 Å².